The van der Waals surface area contributed by atoms with Crippen molar-refractivity contribution < 1.29 is 9.53 Å². The molecule has 1 aliphatic rings. The van der Waals surface area contributed by atoms with Crippen molar-refractivity contribution in [1.82, 2.24) is 10.2 Å². The minimum Gasteiger partial charge on any atom is -0.496 e. The van der Waals surface area contributed by atoms with E-state index in [9.17, 15) is 4.79 Å². The first-order chi connectivity index (χ1) is 9.02. The van der Waals surface area contributed by atoms with Gasteiger partial charge in [0.15, 0.2) is 0 Å². The summed E-state index contributed by atoms with van der Waals surface area (Å²) in [6.07, 6.45) is 0. The number of carbonyl (C=O) groups is 1. The summed E-state index contributed by atoms with van der Waals surface area (Å²) in [6, 6.07) is 4.15. The summed E-state index contributed by atoms with van der Waals surface area (Å²) in [6.45, 7) is 6.31. The molecular formula is C15H22N2O2. The highest BCUT2D eigenvalue weighted by Gasteiger charge is 2.28. The highest BCUT2D eigenvalue weighted by molar-refractivity contribution is 5.80. The van der Waals surface area contributed by atoms with Crippen LogP contribution in [0.3, 0.4) is 0 Å². The van der Waals surface area contributed by atoms with Gasteiger partial charge in [0, 0.05) is 32.2 Å². The first-order valence-electron chi connectivity index (χ1n) is 6.62. The van der Waals surface area contributed by atoms with Gasteiger partial charge in [0.25, 0.3) is 0 Å². The summed E-state index contributed by atoms with van der Waals surface area (Å²) in [5.74, 6) is 1.21. The van der Waals surface area contributed by atoms with Gasteiger partial charge in [-0.05, 0) is 31.0 Å². The van der Waals surface area contributed by atoms with Crippen LogP contribution in [0.4, 0.5) is 0 Å². The van der Waals surface area contributed by atoms with Gasteiger partial charge < -0.3 is 15.0 Å². The second kappa shape index (κ2) is 5.61. The quantitative estimate of drug-likeness (QED) is 0.894. The fourth-order valence-electron chi connectivity index (χ4n) is 2.43. The van der Waals surface area contributed by atoms with E-state index in [1.54, 1.807) is 12.0 Å². The summed E-state index contributed by atoms with van der Waals surface area (Å²) in [4.78, 5) is 13.9. The minimum atomic E-state index is 0.141. The Morgan fingerprint density at radius 3 is 2.63 bits per heavy atom. The maximum Gasteiger partial charge on any atom is 0.228 e. The zero-order valence-electron chi connectivity index (χ0n) is 12.1. The lowest BCUT2D eigenvalue weighted by Gasteiger charge is -2.31. The first-order valence-corrected chi connectivity index (χ1v) is 6.62. The van der Waals surface area contributed by atoms with Crippen LogP contribution in [0.5, 0.6) is 5.75 Å². The zero-order chi connectivity index (χ0) is 14.0. The van der Waals surface area contributed by atoms with E-state index in [1.807, 2.05) is 20.0 Å². The summed E-state index contributed by atoms with van der Waals surface area (Å²) in [5.41, 5.74) is 3.44. The molecule has 0 unspecified atom stereocenters. The molecular weight excluding hydrogens is 240 g/mol. The standard InChI is InChI=1S/C15H22N2O2/c1-10-5-11(2)13(14(6-10)19-4)9-17(3)15(18)12-7-16-8-12/h5-6,12,16H,7-9H2,1-4H3. The Balaban J connectivity index is 2.15. The fraction of sp³-hybridized carbons (Fsp3) is 0.533. The Bertz CT molecular complexity index is 481. The fourth-order valence-corrected chi connectivity index (χ4v) is 2.43. The molecule has 0 radical (unpaired) electrons. The number of carbonyl (C=O) groups excluding carboxylic acids is 1. The number of hydrogen-bond donors (Lipinski definition) is 1. The lowest BCUT2D eigenvalue weighted by molar-refractivity contribution is -0.136. The third-order valence-corrected chi connectivity index (χ3v) is 3.70. The van der Waals surface area contributed by atoms with Crippen molar-refractivity contribution in [2.45, 2.75) is 20.4 Å². The number of aryl methyl sites for hydroxylation is 2. The predicted molar refractivity (Wildman–Crippen MR) is 75.3 cm³/mol. The molecule has 0 saturated carbocycles. The third kappa shape index (κ3) is 2.89. The van der Waals surface area contributed by atoms with Crippen LogP contribution < -0.4 is 10.1 Å². The van der Waals surface area contributed by atoms with E-state index < -0.39 is 0 Å². The van der Waals surface area contributed by atoms with Crippen molar-refractivity contribution >= 4 is 5.91 Å². The average Bonchev–Trinajstić information content (AvgIpc) is 2.29. The van der Waals surface area contributed by atoms with Crippen molar-refractivity contribution in [2.75, 3.05) is 27.2 Å². The summed E-state index contributed by atoms with van der Waals surface area (Å²) >= 11 is 0. The molecule has 0 aromatic heterocycles. The van der Waals surface area contributed by atoms with Crippen molar-refractivity contribution in [3.05, 3.63) is 28.8 Å². The van der Waals surface area contributed by atoms with Gasteiger partial charge in [0.1, 0.15) is 5.75 Å². The predicted octanol–water partition coefficient (Wildman–Crippen LogP) is 1.49. The van der Waals surface area contributed by atoms with Crippen LogP contribution >= 0.6 is 0 Å². The van der Waals surface area contributed by atoms with E-state index in [-0.39, 0.29) is 11.8 Å². The minimum absolute atomic E-state index is 0.141. The lowest BCUT2D eigenvalue weighted by atomic mass is 10.0. The molecule has 1 amide bonds. The molecule has 0 aliphatic carbocycles. The Morgan fingerprint density at radius 1 is 1.42 bits per heavy atom. The molecule has 1 heterocycles. The van der Waals surface area contributed by atoms with E-state index in [2.05, 4.69) is 18.3 Å². The number of methoxy groups -OCH3 is 1. The summed E-state index contributed by atoms with van der Waals surface area (Å²) in [5, 5.41) is 3.13. The Hall–Kier alpha value is -1.55. The van der Waals surface area contributed by atoms with Gasteiger partial charge in [-0.15, -0.1) is 0 Å². The van der Waals surface area contributed by atoms with E-state index in [0.717, 1.165) is 24.4 Å². The van der Waals surface area contributed by atoms with Gasteiger partial charge >= 0.3 is 0 Å². The zero-order valence-corrected chi connectivity index (χ0v) is 12.1. The molecule has 0 bridgehead atoms. The largest absolute Gasteiger partial charge is 0.496 e. The maximum absolute atomic E-state index is 12.2. The Kier molecular flexibility index (Phi) is 4.10. The number of rotatable bonds is 4. The monoisotopic (exact) mass is 262 g/mol. The Morgan fingerprint density at radius 2 is 2.11 bits per heavy atom. The number of nitrogens with zero attached hydrogens (tertiary/aromatic N) is 1. The molecule has 4 nitrogen and oxygen atoms in total. The van der Waals surface area contributed by atoms with Gasteiger partial charge in [-0.1, -0.05) is 6.07 Å². The van der Waals surface area contributed by atoms with Crippen LogP contribution in [0.25, 0.3) is 0 Å². The molecule has 0 spiro atoms. The van der Waals surface area contributed by atoms with Gasteiger partial charge in [-0.3, -0.25) is 4.79 Å². The molecule has 1 fully saturated rings. The highest BCUT2D eigenvalue weighted by Crippen LogP contribution is 2.26. The molecule has 0 atom stereocenters. The van der Waals surface area contributed by atoms with Crippen molar-refractivity contribution in [2.24, 2.45) is 5.92 Å². The average molecular weight is 262 g/mol. The smallest absolute Gasteiger partial charge is 0.228 e. The number of benzene rings is 1. The molecule has 1 aromatic carbocycles. The van der Waals surface area contributed by atoms with Gasteiger partial charge in [0.2, 0.25) is 5.91 Å². The van der Waals surface area contributed by atoms with Crippen LogP contribution in [0.2, 0.25) is 0 Å². The molecule has 4 heteroatoms. The lowest BCUT2D eigenvalue weighted by Crippen LogP contribution is -2.51. The van der Waals surface area contributed by atoms with Crippen molar-refractivity contribution in [3.63, 3.8) is 0 Å². The van der Waals surface area contributed by atoms with Gasteiger partial charge in [-0.2, -0.15) is 0 Å². The third-order valence-electron chi connectivity index (χ3n) is 3.70. The maximum atomic E-state index is 12.2. The van der Waals surface area contributed by atoms with E-state index >= 15 is 0 Å². The number of amides is 1. The number of ether oxygens (including phenoxy) is 1. The topological polar surface area (TPSA) is 41.6 Å². The molecule has 1 saturated heterocycles. The van der Waals surface area contributed by atoms with Crippen LogP contribution in [0, 0.1) is 19.8 Å². The van der Waals surface area contributed by atoms with Crippen LogP contribution in [0.15, 0.2) is 12.1 Å². The normalized spacial score (nSPS) is 14.9. The SMILES string of the molecule is COc1cc(C)cc(C)c1CN(C)C(=O)C1CNC1. The molecule has 1 aromatic rings. The van der Waals surface area contributed by atoms with E-state index in [4.69, 9.17) is 4.74 Å². The number of nitrogens with one attached hydrogen (secondary N) is 1. The second-order valence-electron chi connectivity index (χ2n) is 5.31. The van der Waals surface area contributed by atoms with Gasteiger partial charge in [0.05, 0.1) is 13.0 Å². The van der Waals surface area contributed by atoms with Gasteiger partial charge in [-0.25, -0.2) is 0 Å². The molecule has 1 N–H and O–H groups in total. The van der Waals surface area contributed by atoms with Crippen molar-refractivity contribution in [3.8, 4) is 5.75 Å². The van der Waals surface area contributed by atoms with Crippen molar-refractivity contribution in [1.29, 1.82) is 0 Å². The first kappa shape index (κ1) is 13.9. The van der Waals surface area contributed by atoms with Crippen LogP contribution in [0.1, 0.15) is 16.7 Å². The highest BCUT2D eigenvalue weighted by atomic mass is 16.5. The van der Waals surface area contributed by atoms with Crippen LogP contribution in [-0.2, 0) is 11.3 Å². The molecule has 19 heavy (non-hydrogen) atoms. The Labute approximate surface area is 114 Å². The van der Waals surface area contributed by atoms with E-state index in [1.165, 1.54) is 11.1 Å². The second-order valence-corrected chi connectivity index (χ2v) is 5.31. The van der Waals surface area contributed by atoms with E-state index in [0.29, 0.717) is 6.54 Å². The number of hydrogen-bond acceptors (Lipinski definition) is 3. The molecule has 2 rings (SSSR count). The van der Waals surface area contributed by atoms with Crippen LogP contribution in [-0.4, -0.2) is 38.1 Å². The summed E-state index contributed by atoms with van der Waals surface area (Å²) in [7, 11) is 3.54. The summed E-state index contributed by atoms with van der Waals surface area (Å²) < 4.78 is 5.44. The molecule has 1 aliphatic heterocycles. The molecule has 104 valence electrons.